The van der Waals surface area contributed by atoms with Gasteiger partial charge in [-0.1, -0.05) is 0 Å². The highest BCUT2D eigenvalue weighted by Crippen LogP contribution is 2.35. The van der Waals surface area contributed by atoms with E-state index in [1.165, 1.54) is 10.4 Å². The quantitative estimate of drug-likeness (QED) is 0.612. The molecule has 0 unspecified atom stereocenters. The molecule has 2 N–H and O–H groups in total. The van der Waals surface area contributed by atoms with Gasteiger partial charge in [0, 0.05) is 34.1 Å². The Hall–Kier alpha value is -1.67. The van der Waals surface area contributed by atoms with E-state index in [4.69, 9.17) is 19.9 Å². The third-order valence-corrected chi connectivity index (χ3v) is 5.83. The topological polar surface area (TPSA) is 74.0 Å². The summed E-state index contributed by atoms with van der Waals surface area (Å²) in [5, 5.41) is 3.28. The van der Waals surface area contributed by atoms with Crippen LogP contribution in [0.4, 0.5) is 5.69 Å². The number of anilines is 1. The molecule has 154 valence electrons. The van der Waals surface area contributed by atoms with Crippen molar-refractivity contribution in [2.75, 3.05) is 44.4 Å². The maximum absolute atomic E-state index is 11.5. The van der Waals surface area contributed by atoms with Crippen LogP contribution in [0.1, 0.15) is 37.0 Å². The molecule has 1 fully saturated rings. The van der Waals surface area contributed by atoms with Crippen LogP contribution in [0, 0.1) is 0 Å². The number of benzene rings is 1. The zero-order valence-electron chi connectivity index (χ0n) is 16.7. The normalized spacial score (nSPS) is 15.6. The van der Waals surface area contributed by atoms with Crippen molar-refractivity contribution in [1.82, 2.24) is 0 Å². The Balaban J connectivity index is 1.42. The molecule has 1 aliphatic heterocycles. The standard InChI is InChI=1S/C21H30N2O4S/c1-15(2)26-11-9-25-10-12-27-17-5-7-23(8-6-17)19-14-28-20-4-3-16(21(22)24)13-18(19)20/h3-4,13-15,17H,5-12H2,1-2H3,(H2,22,24). The van der Waals surface area contributed by atoms with Crippen LogP contribution >= 0.6 is 11.3 Å². The average molecular weight is 407 g/mol. The molecule has 0 radical (unpaired) electrons. The molecule has 0 bridgehead atoms. The molecule has 0 saturated carbocycles. The van der Waals surface area contributed by atoms with Gasteiger partial charge in [0.15, 0.2) is 0 Å². The number of thiophene rings is 1. The van der Waals surface area contributed by atoms with Crippen LogP contribution in [-0.2, 0) is 14.2 Å². The molecular formula is C21H30N2O4S. The predicted molar refractivity (Wildman–Crippen MR) is 113 cm³/mol. The molecule has 1 aliphatic rings. The van der Waals surface area contributed by atoms with E-state index in [0.717, 1.165) is 31.3 Å². The first kappa shape index (κ1) is 21.0. The Bertz CT molecular complexity index is 769. The van der Waals surface area contributed by atoms with Crippen molar-refractivity contribution < 1.29 is 19.0 Å². The van der Waals surface area contributed by atoms with Gasteiger partial charge in [0.25, 0.3) is 0 Å². The second-order valence-electron chi connectivity index (χ2n) is 7.29. The highest BCUT2D eigenvalue weighted by molar-refractivity contribution is 7.17. The van der Waals surface area contributed by atoms with Gasteiger partial charge in [-0.25, -0.2) is 0 Å². The molecule has 1 aromatic heterocycles. The van der Waals surface area contributed by atoms with Gasteiger partial charge in [0.1, 0.15) is 0 Å². The molecule has 1 amide bonds. The van der Waals surface area contributed by atoms with Crippen LogP contribution in [0.25, 0.3) is 10.1 Å². The first-order chi connectivity index (χ1) is 13.5. The number of nitrogens with two attached hydrogens (primary N) is 1. The van der Waals surface area contributed by atoms with Gasteiger partial charge >= 0.3 is 0 Å². The number of hydrogen-bond donors (Lipinski definition) is 1. The summed E-state index contributed by atoms with van der Waals surface area (Å²) < 4.78 is 18.1. The van der Waals surface area contributed by atoms with Gasteiger partial charge in [-0.05, 0) is 44.9 Å². The summed E-state index contributed by atoms with van der Waals surface area (Å²) in [5.74, 6) is -0.385. The number of hydrogen-bond acceptors (Lipinski definition) is 6. The average Bonchev–Trinajstić information content (AvgIpc) is 3.10. The van der Waals surface area contributed by atoms with E-state index >= 15 is 0 Å². The number of amides is 1. The van der Waals surface area contributed by atoms with E-state index < -0.39 is 0 Å². The summed E-state index contributed by atoms with van der Waals surface area (Å²) in [5.41, 5.74) is 7.18. The van der Waals surface area contributed by atoms with Crippen LogP contribution in [-0.4, -0.2) is 57.6 Å². The fourth-order valence-electron chi connectivity index (χ4n) is 3.40. The van der Waals surface area contributed by atoms with E-state index in [9.17, 15) is 4.79 Å². The fraction of sp³-hybridized carbons (Fsp3) is 0.571. The number of nitrogens with zero attached hydrogens (tertiary/aromatic N) is 1. The molecular weight excluding hydrogens is 376 g/mol. The summed E-state index contributed by atoms with van der Waals surface area (Å²) in [6, 6.07) is 5.68. The van der Waals surface area contributed by atoms with E-state index in [1.54, 1.807) is 17.4 Å². The van der Waals surface area contributed by atoms with Crippen molar-refractivity contribution in [3.8, 4) is 0 Å². The minimum atomic E-state index is -0.385. The number of primary amides is 1. The molecule has 0 atom stereocenters. The van der Waals surface area contributed by atoms with E-state index in [2.05, 4.69) is 10.3 Å². The van der Waals surface area contributed by atoms with Gasteiger partial charge in [-0.2, -0.15) is 0 Å². The maximum Gasteiger partial charge on any atom is 0.248 e. The number of piperidine rings is 1. The van der Waals surface area contributed by atoms with Crippen LogP contribution in [0.3, 0.4) is 0 Å². The number of ether oxygens (including phenoxy) is 3. The van der Waals surface area contributed by atoms with Crippen LogP contribution in [0.5, 0.6) is 0 Å². The molecule has 3 rings (SSSR count). The van der Waals surface area contributed by atoms with Crippen molar-refractivity contribution >= 4 is 33.0 Å². The first-order valence-corrected chi connectivity index (χ1v) is 10.8. The third kappa shape index (κ3) is 5.67. The molecule has 7 heteroatoms. The summed E-state index contributed by atoms with van der Waals surface area (Å²) in [6.45, 7) is 8.39. The lowest BCUT2D eigenvalue weighted by Gasteiger charge is -2.33. The van der Waals surface area contributed by atoms with Gasteiger partial charge in [-0.3, -0.25) is 4.79 Å². The lowest BCUT2D eigenvalue weighted by atomic mass is 10.1. The lowest BCUT2D eigenvalue weighted by Crippen LogP contribution is -2.37. The zero-order chi connectivity index (χ0) is 19.9. The molecule has 2 heterocycles. The molecule has 1 saturated heterocycles. The molecule has 1 aromatic carbocycles. The van der Waals surface area contributed by atoms with Crippen molar-refractivity contribution in [3.63, 3.8) is 0 Å². The highest BCUT2D eigenvalue weighted by atomic mass is 32.1. The van der Waals surface area contributed by atoms with Crippen molar-refractivity contribution in [1.29, 1.82) is 0 Å². The molecule has 28 heavy (non-hydrogen) atoms. The Labute approximate surface area is 170 Å². The van der Waals surface area contributed by atoms with E-state index in [-0.39, 0.29) is 18.1 Å². The Morgan fingerprint density at radius 2 is 1.96 bits per heavy atom. The first-order valence-electron chi connectivity index (χ1n) is 9.91. The summed E-state index contributed by atoms with van der Waals surface area (Å²) >= 11 is 1.70. The fourth-order valence-corrected chi connectivity index (χ4v) is 4.35. The van der Waals surface area contributed by atoms with Crippen molar-refractivity contribution in [2.45, 2.75) is 38.9 Å². The van der Waals surface area contributed by atoms with E-state index in [1.807, 2.05) is 26.0 Å². The molecule has 0 spiro atoms. The van der Waals surface area contributed by atoms with Crippen molar-refractivity contribution in [2.24, 2.45) is 5.73 Å². The molecule has 0 aliphatic carbocycles. The second-order valence-corrected chi connectivity index (χ2v) is 8.20. The second kappa shape index (κ2) is 10.2. The largest absolute Gasteiger partial charge is 0.377 e. The monoisotopic (exact) mass is 406 g/mol. The Morgan fingerprint density at radius 3 is 2.68 bits per heavy atom. The van der Waals surface area contributed by atoms with Crippen LogP contribution in [0.15, 0.2) is 23.6 Å². The number of fused-ring (bicyclic) bond motifs is 1. The Morgan fingerprint density at radius 1 is 1.21 bits per heavy atom. The Kier molecular flexibility index (Phi) is 7.67. The van der Waals surface area contributed by atoms with Gasteiger partial charge in [0.2, 0.25) is 5.91 Å². The summed E-state index contributed by atoms with van der Waals surface area (Å²) in [4.78, 5) is 13.9. The van der Waals surface area contributed by atoms with Gasteiger partial charge in [0.05, 0.1) is 44.3 Å². The number of carbonyl (C=O) groups excluding carboxylic acids is 1. The predicted octanol–water partition coefficient (Wildman–Crippen LogP) is 3.43. The smallest absolute Gasteiger partial charge is 0.248 e. The minimum Gasteiger partial charge on any atom is -0.377 e. The van der Waals surface area contributed by atoms with Gasteiger partial charge in [-0.15, -0.1) is 11.3 Å². The van der Waals surface area contributed by atoms with Crippen LogP contribution < -0.4 is 10.6 Å². The molecule has 6 nitrogen and oxygen atoms in total. The lowest BCUT2D eigenvalue weighted by molar-refractivity contribution is -0.0249. The summed E-state index contributed by atoms with van der Waals surface area (Å²) in [7, 11) is 0. The third-order valence-electron chi connectivity index (χ3n) is 4.88. The zero-order valence-corrected chi connectivity index (χ0v) is 17.5. The van der Waals surface area contributed by atoms with E-state index in [0.29, 0.717) is 32.0 Å². The maximum atomic E-state index is 11.5. The summed E-state index contributed by atoms with van der Waals surface area (Å²) in [6.07, 6.45) is 2.50. The minimum absolute atomic E-state index is 0.243. The SMILES string of the molecule is CC(C)OCCOCCOC1CCN(c2csc3ccc(C(N)=O)cc23)CC1. The van der Waals surface area contributed by atoms with Gasteiger partial charge < -0.3 is 24.8 Å². The molecule has 2 aromatic rings. The number of rotatable bonds is 10. The number of carbonyl (C=O) groups is 1. The van der Waals surface area contributed by atoms with Crippen LogP contribution in [0.2, 0.25) is 0 Å². The highest BCUT2D eigenvalue weighted by Gasteiger charge is 2.22. The van der Waals surface area contributed by atoms with Crippen molar-refractivity contribution in [3.05, 3.63) is 29.1 Å².